The van der Waals surface area contributed by atoms with Crippen LogP contribution in [0.4, 0.5) is 0 Å². The van der Waals surface area contributed by atoms with Gasteiger partial charge in [0, 0.05) is 24.6 Å². The van der Waals surface area contributed by atoms with Crippen LogP contribution in [-0.2, 0) is 24.1 Å². The summed E-state index contributed by atoms with van der Waals surface area (Å²) >= 11 is 0. The standard InChI is InChI=1S/C22H28N2O3/c1-15-3-8-20-19(13-15)22(27-23-20)17-9-11-24(12-10-17)21(25)14-16-4-6-18(26-2)7-5-16/h4-7,15,17H,3,8-14H2,1-2H3/t15-/m0/s1. The van der Waals surface area contributed by atoms with E-state index >= 15 is 0 Å². The van der Waals surface area contributed by atoms with E-state index in [1.807, 2.05) is 29.2 Å². The van der Waals surface area contributed by atoms with Gasteiger partial charge >= 0.3 is 0 Å². The van der Waals surface area contributed by atoms with E-state index in [0.29, 0.717) is 18.3 Å². The Kier molecular flexibility index (Phi) is 5.19. The van der Waals surface area contributed by atoms with Crippen molar-refractivity contribution in [3.05, 3.63) is 46.8 Å². The number of hydrogen-bond donors (Lipinski definition) is 0. The predicted octanol–water partition coefficient (Wildman–Crippen LogP) is 3.76. The summed E-state index contributed by atoms with van der Waals surface area (Å²) in [6.45, 7) is 3.90. The van der Waals surface area contributed by atoms with E-state index in [1.165, 1.54) is 17.7 Å². The number of likely N-dealkylation sites (tertiary alicyclic amines) is 1. The van der Waals surface area contributed by atoms with Gasteiger partial charge < -0.3 is 14.2 Å². The van der Waals surface area contributed by atoms with Gasteiger partial charge in [-0.1, -0.05) is 24.2 Å². The van der Waals surface area contributed by atoms with Crippen LogP contribution in [0.2, 0.25) is 0 Å². The minimum atomic E-state index is 0.201. The van der Waals surface area contributed by atoms with Gasteiger partial charge in [0.2, 0.25) is 5.91 Å². The Morgan fingerprint density at radius 3 is 2.67 bits per heavy atom. The van der Waals surface area contributed by atoms with E-state index in [-0.39, 0.29) is 5.91 Å². The average Bonchev–Trinajstić information content (AvgIpc) is 3.11. The summed E-state index contributed by atoms with van der Waals surface area (Å²) in [7, 11) is 1.65. The molecule has 1 atom stereocenters. The van der Waals surface area contributed by atoms with Crippen LogP contribution in [0.15, 0.2) is 28.8 Å². The molecule has 4 rings (SSSR count). The maximum Gasteiger partial charge on any atom is 0.226 e. The van der Waals surface area contributed by atoms with Crippen LogP contribution in [0.25, 0.3) is 0 Å². The highest BCUT2D eigenvalue weighted by molar-refractivity contribution is 5.79. The number of fused-ring (bicyclic) bond motifs is 1. The van der Waals surface area contributed by atoms with Crippen molar-refractivity contribution in [1.82, 2.24) is 10.1 Å². The van der Waals surface area contributed by atoms with Crippen LogP contribution in [0.3, 0.4) is 0 Å². The zero-order chi connectivity index (χ0) is 18.8. The Hall–Kier alpha value is -2.30. The van der Waals surface area contributed by atoms with Gasteiger partial charge in [-0.3, -0.25) is 4.79 Å². The lowest BCUT2D eigenvalue weighted by Gasteiger charge is -2.31. The topological polar surface area (TPSA) is 55.6 Å². The van der Waals surface area contributed by atoms with Crippen LogP contribution in [-0.4, -0.2) is 36.2 Å². The van der Waals surface area contributed by atoms with Crippen molar-refractivity contribution in [3.63, 3.8) is 0 Å². The summed E-state index contributed by atoms with van der Waals surface area (Å²) in [5, 5.41) is 4.32. The molecule has 0 radical (unpaired) electrons. The monoisotopic (exact) mass is 368 g/mol. The molecule has 1 aliphatic heterocycles. The lowest BCUT2D eigenvalue weighted by molar-refractivity contribution is -0.131. The molecular weight excluding hydrogens is 340 g/mol. The molecule has 0 unspecified atom stereocenters. The van der Waals surface area contributed by atoms with Crippen molar-refractivity contribution in [3.8, 4) is 5.75 Å². The number of ether oxygens (including phenoxy) is 1. The number of rotatable bonds is 4. The number of aryl methyl sites for hydroxylation is 1. The highest BCUT2D eigenvalue weighted by atomic mass is 16.5. The molecule has 27 heavy (non-hydrogen) atoms. The Labute approximate surface area is 160 Å². The Bertz CT molecular complexity index is 788. The van der Waals surface area contributed by atoms with E-state index < -0.39 is 0 Å². The van der Waals surface area contributed by atoms with Gasteiger partial charge in [-0.25, -0.2) is 0 Å². The third-order valence-electron chi connectivity index (χ3n) is 6.06. The number of carbonyl (C=O) groups excluding carboxylic acids is 1. The number of aromatic nitrogens is 1. The summed E-state index contributed by atoms with van der Waals surface area (Å²) < 4.78 is 10.9. The number of amides is 1. The molecule has 2 heterocycles. The van der Waals surface area contributed by atoms with E-state index in [1.54, 1.807) is 7.11 Å². The first-order valence-electron chi connectivity index (χ1n) is 10.0. The van der Waals surface area contributed by atoms with Crippen LogP contribution in [0.1, 0.15) is 54.7 Å². The zero-order valence-corrected chi connectivity index (χ0v) is 16.2. The fourth-order valence-electron chi connectivity index (χ4n) is 4.35. The molecule has 144 valence electrons. The van der Waals surface area contributed by atoms with Gasteiger partial charge in [0.25, 0.3) is 0 Å². The second-order valence-corrected chi connectivity index (χ2v) is 8.00. The molecule has 0 bridgehead atoms. The first-order valence-corrected chi connectivity index (χ1v) is 10.0. The van der Waals surface area contributed by atoms with E-state index in [9.17, 15) is 4.79 Å². The molecule has 2 aliphatic rings. The first-order chi connectivity index (χ1) is 13.1. The fraction of sp³-hybridized carbons (Fsp3) is 0.545. The normalized spacial score (nSPS) is 20.4. The van der Waals surface area contributed by atoms with Crippen molar-refractivity contribution in [2.24, 2.45) is 5.92 Å². The minimum absolute atomic E-state index is 0.201. The maximum atomic E-state index is 12.6. The number of hydrogen-bond acceptors (Lipinski definition) is 4. The summed E-state index contributed by atoms with van der Waals surface area (Å²) in [5.41, 5.74) is 3.55. The lowest BCUT2D eigenvalue weighted by Crippen LogP contribution is -2.38. The molecule has 5 heteroatoms. The SMILES string of the molecule is COc1ccc(CC(=O)N2CCC(c3onc4c3C[C@@H](C)CC4)CC2)cc1. The zero-order valence-electron chi connectivity index (χ0n) is 16.2. The number of nitrogens with zero attached hydrogens (tertiary/aromatic N) is 2. The minimum Gasteiger partial charge on any atom is -0.497 e. The highest BCUT2D eigenvalue weighted by Gasteiger charge is 2.31. The van der Waals surface area contributed by atoms with Crippen LogP contribution < -0.4 is 4.74 Å². The Morgan fingerprint density at radius 2 is 1.96 bits per heavy atom. The second-order valence-electron chi connectivity index (χ2n) is 8.00. The van der Waals surface area contributed by atoms with Crippen molar-refractivity contribution < 1.29 is 14.1 Å². The first kappa shape index (κ1) is 18.1. The van der Waals surface area contributed by atoms with Crippen molar-refractivity contribution >= 4 is 5.91 Å². The van der Waals surface area contributed by atoms with Crippen molar-refractivity contribution in [1.29, 1.82) is 0 Å². The quantitative estimate of drug-likeness (QED) is 0.825. The smallest absolute Gasteiger partial charge is 0.226 e. The van der Waals surface area contributed by atoms with Crippen LogP contribution in [0, 0.1) is 5.92 Å². The Morgan fingerprint density at radius 1 is 1.22 bits per heavy atom. The molecule has 1 fully saturated rings. The van der Waals surface area contributed by atoms with Gasteiger partial charge in [0.05, 0.1) is 19.2 Å². The van der Waals surface area contributed by atoms with Crippen LogP contribution in [0.5, 0.6) is 5.75 Å². The molecule has 0 saturated carbocycles. The highest BCUT2D eigenvalue weighted by Crippen LogP contribution is 2.36. The maximum absolute atomic E-state index is 12.6. The fourth-order valence-corrected chi connectivity index (χ4v) is 4.35. The average molecular weight is 368 g/mol. The molecule has 1 saturated heterocycles. The number of piperidine rings is 1. The molecule has 1 amide bonds. The number of benzene rings is 1. The third-order valence-corrected chi connectivity index (χ3v) is 6.06. The largest absolute Gasteiger partial charge is 0.497 e. The summed E-state index contributed by atoms with van der Waals surface area (Å²) in [4.78, 5) is 14.6. The predicted molar refractivity (Wildman–Crippen MR) is 103 cm³/mol. The van der Waals surface area contributed by atoms with Crippen molar-refractivity contribution in [2.45, 2.75) is 51.4 Å². The molecule has 2 aromatic rings. The van der Waals surface area contributed by atoms with E-state index in [2.05, 4.69) is 12.1 Å². The number of carbonyl (C=O) groups is 1. The van der Waals surface area contributed by atoms with Crippen molar-refractivity contribution in [2.75, 3.05) is 20.2 Å². The van der Waals surface area contributed by atoms with Gasteiger partial charge in [-0.2, -0.15) is 0 Å². The van der Waals surface area contributed by atoms with E-state index in [4.69, 9.17) is 9.26 Å². The van der Waals surface area contributed by atoms with Gasteiger partial charge in [-0.05, 0) is 55.7 Å². The molecule has 5 nitrogen and oxygen atoms in total. The molecular formula is C22H28N2O3. The molecule has 0 spiro atoms. The van der Waals surface area contributed by atoms with E-state index in [0.717, 1.165) is 55.8 Å². The summed E-state index contributed by atoms with van der Waals surface area (Å²) in [5.74, 6) is 3.22. The molecule has 1 aromatic heterocycles. The molecule has 0 N–H and O–H groups in total. The van der Waals surface area contributed by atoms with Gasteiger partial charge in [0.1, 0.15) is 11.5 Å². The van der Waals surface area contributed by atoms with Gasteiger partial charge in [-0.15, -0.1) is 0 Å². The van der Waals surface area contributed by atoms with Gasteiger partial charge in [0.15, 0.2) is 0 Å². The summed E-state index contributed by atoms with van der Waals surface area (Å²) in [6.07, 6.45) is 5.71. The number of methoxy groups -OCH3 is 1. The lowest BCUT2D eigenvalue weighted by atomic mass is 9.83. The molecule has 1 aliphatic carbocycles. The molecule has 1 aromatic carbocycles. The third kappa shape index (κ3) is 3.87. The van der Waals surface area contributed by atoms with Crippen LogP contribution >= 0.6 is 0 Å². The summed E-state index contributed by atoms with van der Waals surface area (Å²) in [6, 6.07) is 7.74. The Balaban J connectivity index is 1.35. The second kappa shape index (κ2) is 7.75.